The average molecular weight is 399 g/mol. The van der Waals surface area contributed by atoms with Gasteiger partial charge in [-0.3, -0.25) is 14.5 Å². The Morgan fingerprint density at radius 1 is 1.32 bits per heavy atom. The fourth-order valence-corrected chi connectivity index (χ4v) is 4.56. The number of carbonyl (C=O) groups is 2. The average Bonchev–Trinajstić information content (AvgIpc) is 2.87. The molecule has 2 amide bonds. The van der Waals surface area contributed by atoms with Crippen LogP contribution in [0.4, 0.5) is 14.9 Å². The molecule has 2 heterocycles. The van der Waals surface area contributed by atoms with E-state index in [1.807, 2.05) is 6.92 Å². The molecule has 1 saturated heterocycles. The van der Waals surface area contributed by atoms with E-state index < -0.39 is 17.0 Å². The highest BCUT2D eigenvalue weighted by Gasteiger charge is 2.35. The number of thioether (sulfide) groups is 1. The molecule has 28 heavy (non-hydrogen) atoms. The number of halogens is 1. The summed E-state index contributed by atoms with van der Waals surface area (Å²) >= 11 is 0.783. The van der Waals surface area contributed by atoms with Crippen LogP contribution in [0.15, 0.2) is 23.1 Å². The third kappa shape index (κ3) is 3.47. The summed E-state index contributed by atoms with van der Waals surface area (Å²) < 4.78 is 15.0. The Kier molecular flexibility index (Phi) is 5.40. The zero-order valence-corrected chi connectivity index (χ0v) is 17.3. The number of hydrogen-bond donors (Lipinski definition) is 0. The summed E-state index contributed by atoms with van der Waals surface area (Å²) in [4.78, 5) is 27.7. The molecule has 0 aliphatic carbocycles. The number of benzene rings is 1. The number of rotatable bonds is 4. The molecule has 0 aromatic heterocycles. The molecule has 1 fully saturated rings. The first kappa shape index (κ1) is 20.2. The van der Waals surface area contributed by atoms with E-state index >= 15 is 0 Å². The predicted octanol–water partition coefficient (Wildman–Crippen LogP) is 4.91. The van der Waals surface area contributed by atoms with E-state index in [9.17, 15) is 14.0 Å². The van der Waals surface area contributed by atoms with Crippen LogP contribution >= 0.6 is 11.8 Å². The number of imide groups is 1. The lowest BCUT2D eigenvalue weighted by atomic mass is 9.87. The summed E-state index contributed by atoms with van der Waals surface area (Å²) in [6.07, 6.45) is 9.77. The molecule has 0 atom stereocenters. The van der Waals surface area contributed by atoms with Crippen molar-refractivity contribution in [1.82, 2.24) is 4.90 Å². The number of nitrogens with zero attached hydrogens (tertiary/aromatic N) is 2. The molecule has 3 rings (SSSR count). The van der Waals surface area contributed by atoms with Crippen molar-refractivity contribution in [2.75, 3.05) is 18.0 Å². The fraction of sp³-hybridized carbons (Fsp3) is 0.364. The molecule has 0 unspecified atom stereocenters. The first-order valence-electron chi connectivity index (χ1n) is 9.19. The first-order valence-corrected chi connectivity index (χ1v) is 10.0. The lowest BCUT2D eigenvalue weighted by molar-refractivity contribution is -0.122. The van der Waals surface area contributed by atoms with Gasteiger partial charge in [0.1, 0.15) is 5.82 Å². The first-order chi connectivity index (χ1) is 13.2. The van der Waals surface area contributed by atoms with Gasteiger partial charge >= 0.3 is 0 Å². The van der Waals surface area contributed by atoms with Crippen molar-refractivity contribution in [3.63, 3.8) is 0 Å². The molecule has 2 aliphatic rings. The van der Waals surface area contributed by atoms with Crippen LogP contribution in [0, 0.1) is 18.2 Å². The van der Waals surface area contributed by atoms with Gasteiger partial charge in [-0.05, 0) is 62.7 Å². The molecule has 0 saturated carbocycles. The molecule has 6 heteroatoms. The topological polar surface area (TPSA) is 40.6 Å². The lowest BCUT2D eigenvalue weighted by Gasteiger charge is -2.43. The number of terminal acetylenes is 1. The van der Waals surface area contributed by atoms with Crippen LogP contribution in [0.2, 0.25) is 0 Å². The maximum atomic E-state index is 15.0. The van der Waals surface area contributed by atoms with Crippen molar-refractivity contribution < 1.29 is 14.0 Å². The Hall–Kier alpha value is -2.52. The van der Waals surface area contributed by atoms with Gasteiger partial charge in [0.2, 0.25) is 0 Å². The van der Waals surface area contributed by atoms with E-state index in [4.69, 9.17) is 6.42 Å². The summed E-state index contributed by atoms with van der Waals surface area (Å²) in [5.41, 5.74) is 2.92. The Balaban J connectivity index is 2.05. The molecule has 2 aliphatic heterocycles. The largest absolute Gasteiger partial charge is 0.362 e. The van der Waals surface area contributed by atoms with Crippen LogP contribution in [-0.4, -0.2) is 34.7 Å². The number of allylic oxidation sites excluding steroid dienone is 1. The second kappa shape index (κ2) is 7.48. The van der Waals surface area contributed by atoms with Crippen molar-refractivity contribution in [3.05, 3.63) is 40.1 Å². The van der Waals surface area contributed by atoms with Crippen molar-refractivity contribution in [1.29, 1.82) is 0 Å². The molecule has 4 nitrogen and oxygen atoms in total. The summed E-state index contributed by atoms with van der Waals surface area (Å²) in [5.74, 6) is 1.39. The predicted molar refractivity (Wildman–Crippen MR) is 113 cm³/mol. The van der Waals surface area contributed by atoms with E-state index in [2.05, 4.69) is 37.7 Å². The van der Waals surface area contributed by atoms with Crippen LogP contribution in [0.1, 0.15) is 45.2 Å². The van der Waals surface area contributed by atoms with Crippen LogP contribution in [0.25, 0.3) is 11.6 Å². The Morgan fingerprint density at radius 3 is 2.68 bits per heavy atom. The lowest BCUT2D eigenvalue weighted by Crippen LogP contribution is -2.45. The van der Waals surface area contributed by atoms with Crippen molar-refractivity contribution >= 4 is 40.2 Å². The SMILES string of the molecule is C#CCN1C(=O)S/C(=C/c2cc3c(cc2F)N(CCC)C(C)(C)C=C3C)C1=O. The second-order valence-electron chi connectivity index (χ2n) is 7.50. The highest BCUT2D eigenvalue weighted by molar-refractivity contribution is 8.18. The minimum Gasteiger partial charge on any atom is -0.362 e. The van der Waals surface area contributed by atoms with Crippen molar-refractivity contribution in [2.24, 2.45) is 0 Å². The van der Waals surface area contributed by atoms with Gasteiger partial charge in [-0.15, -0.1) is 6.42 Å². The van der Waals surface area contributed by atoms with Gasteiger partial charge in [0.25, 0.3) is 11.1 Å². The van der Waals surface area contributed by atoms with Crippen molar-refractivity contribution in [2.45, 2.75) is 39.7 Å². The minimum atomic E-state index is -0.480. The molecule has 146 valence electrons. The normalized spacial score (nSPS) is 19.7. The van der Waals surface area contributed by atoms with E-state index in [-0.39, 0.29) is 22.6 Å². The minimum absolute atomic E-state index is 0.0857. The molecular weight excluding hydrogens is 375 g/mol. The summed E-state index contributed by atoms with van der Waals surface area (Å²) in [5, 5.41) is -0.431. The van der Waals surface area contributed by atoms with Crippen LogP contribution in [-0.2, 0) is 4.79 Å². The third-order valence-corrected chi connectivity index (χ3v) is 5.86. The summed E-state index contributed by atoms with van der Waals surface area (Å²) in [7, 11) is 0. The number of hydrogen-bond acceptors (Lipinski definition) is 4. The van der Waals surface area contributed by atoms with E-state index in [0.29, 0.717) is 0 Å². The summed E-state index contributed by atoms with van der Waals surface area (Å²) in [6.45, 7) is 9.06. The molecule has 1 aromatic carbocycles. The quantitative estimate of drug-likeness (QED) is 0.534. The number of carbonyl (C=O) groups excluding carboxylic acids is 2. The zero-order valence-electron chi connectivity index (χ0n) is 16.5. The molecule has 0 bridgehead atoms. The molecule has 0 spiro atoms. The smallest absolute Gasteiger partial charge is 0.294 e. The highest BCUT2D eigenvalue weighted by Crippen LogP contribution is 2.41. The second-order valence-corrected chi connectivity index (χ2v) is 8.49. The van der Waals surface area contributed by atoms with Gasteiger partial charge in [0.05, 0.1) is 17.0 Å². The molecule has 0 radical (unpaired) electrons. The van der Waals surface area contributed by atoms with Crippen LogP contribution in [0.5, 0.6) is 0 Å². The summed E-state index contributed by atoms with van der Waals surface area (Å²) in [6, 6.07) is 3.28. The van der Waals surface area contributed by atoms with Gasteiger partial charge in [-0.2, -0.15) is 0 Å². The number of amides is 2. The fourth-order valence-electron chi connectivity index (χ4n) is 3.73. The molecule has 0 N–H and O–H groups in total. The highest BCUT2D eigenvalue weighted by atomic mass is 32.2. The number of fused-ring (bicyclic) bond motifs is 1. The Labute approximate surface area is 169 Å². The van der Waals surface area contributed by atoms with Crippen LogP contribution < -0.4 is 4.90 Å². The van der Waals surface area contributed by atoms with E-state index in [1.165, 1.54) is 12.1 Å². The number of anilines is 1. The Morgan fingerprint density at radius 2 is 2.04 bits per heavy atom. The molecule has 1 aromatic rings. The van der Waals surface area contributed by atoms with Gasteiger partial charge in [-0.25, -0.2) is 4.39 Å². The van der Waals surface area contributed by atoms with Gasteiger partial charge in [0, 0.05) is 23.4 Å². The standard InChI is InChI=1S/C22H23FN2O2S/c1-6-8-24-20(26)19(28-21(24)27)11-15-10-16-14(3)13-22(4,5)25(9-7-2)18(16)12-17(15)23/h1,10-13H,7-9H2,2-5H3/b19-11+. The van der Waals surface area contributed by atoms with Crippen LogP contribution in [0.3, 0.4) is 0 Å². The zero-order chi connectivity index (χ0) is 20.6. The third-order valence-electron chi connectivity index (χ3n) is 4.95. The van der Waals surface area contributed by atoms with Gasteiger partial charge in [0.15, 0.2) is 0 Å². The van der Waals surface area contributed by atoms with E-state index in [0.717, 1.165) is 46.5 Å². The van der Waals surface area contributed by atoms with Gasteiger partial charge in [-0.1, -0.05) is 18.9 Å². The maximum Gasteiger partial charge on any atom is 0.294 e. The Bertz CT molecular complexity index is 956. The molecular formula is C22H23FN2O2S. The van der Waals surface area contributed by atoms with Gasteiger partial charge < -0.3 is 4.90 Å². The maximum absolute atomic E-state index is 15.0. The van der Waals surface area contributed by atoms with E-state index in [1.54, 1.807) is 6.07 Å². The van der Waals surface area contributed by atoms with Crippen molar-refractivity contribution in [3.8, 4) is 12.3 Å². The monoisotopic (exact) mass is 398 g/mol.